The van der Waals surface area contributed by atoms with Gasteiger partial charge in [0.15, 0.2) is 5.96 Å². The van der Waals surface area contributed by atoms with E-state index in [0.717, 1.165) is 18.3 Å². The van der Waals surface area contributed by atoms with Gasteiger partial charge in [-0.3, -0.25) is 4.99 Å². The van der Waals surface area contributed by atoms with Gasteiger partial charge in [0.25, 0.3) is 0 Å². The molecular formula is C12H20IN3S. The number of aliphatic imine (C=N–C) groups is 1. The highest BCUT2D eigenvalue weighted by atomic mass is 127. The van der Waals surface area contributed by atoms with Crippen molar-refractivity contribution in [2.45, 2.75) is 4.90 Å². The van der Waals surface area contributed by atoms with E-state index in [4.69, 9.17) is 0 Å². The van der Waals surface area contributed by atoms with E-state index in [1.165, 1.54) is 4.90 Å². The molecular weight excluding hydrogens is 345 g/mol. The molecule has 0 aliphatic rings. The van der Waals surface area contributed by atoms with Gasteiger partial charge in [-0.2, -0.15) is 0 Å². The lowest BCUT2D eigenvalue weighted by Crippen LogP contribution is -2.37. The van der Waals surface area contributed by atoms with E-state index < -0.39 is 0 Å². The Labute approximate surface area is 125 Å². The average Bonchev–Trinajstić information content (AvgIpc) is 2.30. The average molecular weight is 365 g/mol. The van der Waals surface area contributed by atoms with Crippen LogP contribution in [-0.4, -0.2) is 44.3 Å². The SMILES string of the molecule is CN=C(NCCSc1ccccc1)N(C)C.I. The molecule has 0 heterocycles. The lowest BCUT2D eigenvalue weighted by Gasteiger charge is -2.16. The molecule has 0 amide bonds. The van der Waals surface area contributed by atoms with Crippen LogP contribution in [0.5, 0.6) is 0 Å². The van der Waals surface area contributed by atoms with Crippen LogP contribution in [0.2, 0.25) is 0 Å². The zero-order valence-electron chi connectivity index (χ0n) is 10.5. The van der Waals surface area contributed by atoms with Gasteiger partial charge in [-0.05, 0) is 12.1 Å². The van der Waals surface area contributed by atoms with E-state index in [1.807, 2.05) is 36.8 Å². The first-order valence-corrected chi connectivity index (χ1v) is 6.28. The Hall–Kier alpha value is -0.430. The summed E-state index contributed by atoms with van der Waals surface area (Å²) in [7, 11) is 5.77. The van der Waals surface area contributed by atoms with Crippen LogP contribution in [0.1, 0.15) is 0 Å². The highest BCUT2D eigenvalue weighted by Crippen LogP contribution is 2.15. The fourth-order valence-corrected chi connectivity index (χ4v) is 2.08. The van der Waals surface area contributed by atoms with Crippen LogP contribution in [0, 0.1) is 0 Å². The van der Waals surface area contributed by atoms with Gasteiger partial charge in [-0.1, -0.05) is 18.2 Å². The van der Waals surface area contributed by atoms with E-state index in [-0.39, 0.29) is 24.0 Å². The van der Waals surface area contributed by atoms with Crippen LogP contribution in [0.15, 0.2) is 40.2 Å². The molecule has 1 aromatic carbocycles. The Balaban J connectivity index is 0.00000256. The highest BCUT2D eigenvalue weighted by molar-refractivity contribution is 14.0. The molecule has 3 nitrogen and oxygen atoms in total. The molecule has 0 bridgehead atoms. The third-order valence-electron chi connectivity index (χ3n) is 2.03. The van der Waals surface area contributed by atoms with Crippen molar-refractivity contribution in [3.8, 4) is 0 Å². The maximum atomic E-state index is 4.15. The van der Waals surface area contributed by atoms with Gasteiger partial charge < -0.3 is 10.2 Å². The molecule has 0 aliphatic carbocycles. The summed E-state index contributed by atoms with van der Waals surface area (Å²) in [6, 6.07) is 10.4. The zero-order valence-corrected chi connectivity index (χ0v) is 13.7. The molecule has 5 heteroatoms. The number of benzene rings is 1. The first-order chi connectivity index (χ1) is 7.74. The van der Waals surface area contributed by atoms with Gasteiger partial charge in [-0.25, -0.2) is 0 Å². The fraction of sp³-hybridized carbons (Fsp3) is 0.417. The smallest absolute Gasteiger partial charge is 0.193 e. The minimum Gasteiger partial charge on any atom is -0.355 e. The van der Waals surface area contributed by atoms with Crippen LogP contribution in [0.4, 0.5) is 0 Å². The Morgan fingerprint density at radius 3 is 2.47 bits per heavy atom. The molecule has 96 valence electrons. The number of halogens is 1. The van der Waals surface area contributed by atoms with Crippen LogP contribution >= 0.6 is 35.7 Å². The molecule has 1 N–H and O–H groups in total. The van der Waals surface area contributed by atoms with E-state index in [1.54, 1.807) is 7.05 Å². The van der Waals surface area contributed by atoms with Crippen molar-refractivity contribution in [3.05, 3.63) is 30.3 Å². The summed E-state index contributed by atoms with van der Waals surface area (Å²) < 4.78 is 0. The Kier molecular flexibility index (Phi) is 9.34. The number of hydrogen-bond acceptors (Lipinski definition) is 2. The third-order valence-corrected chi connectivity index (χ3v) is 3.05. The molecule has 0 aromatic heterocycles. The van der Waals surface area contributed by atoms with Crippen LogP contribution in [-0.2, 0) is 0 Å². The molecule has 0 atom stereocenters. The third kappa shape index (κ3) is 6.78. The summed E-state index contributed by atoms with van der Waals surface area (Å²) in [5.41, 5.74) is 0. The summed E-state index contributed by atoms with van der Waals surface area (Å²) in [5, 5.41) is 3.29. The molecule has 0 fully saturated rings. The molecule has 0 aliphatic heterocycles. The number of rotatable bonds is 4. The standard InChI is InChI=1S/C12H19N3S.HI/c1-13-12(15(2)3)14-9-10-16-11-7-5-4-6-8-11;/h4-8H,9-10H2,1-3H3,(H,13,14);1H. The number of thioether (sulfide) groups is 1. The normalized spacial score (nSPS) is 10.6. The van der Waals surface area contributed by atoms with Crippen molar-refractivity contribution in [3.63, 3.8) is 0 Å². The van der Waals surface area contributed by atoms with E-state index in [9.17, 15) is 0 Å². The van der Waals surface area contributed by atoms with Crippen molar-refractivity contribution < 1.29 is 0 Å². The molecule has 1 rings (SSSR count). The van der Waals surface area contributed by atoms with E-state index in [2.05, 4.69) is 34.6 Å². The first kappa shape index (κ1) is 16.6. The van der Waals surface area contributed by atoms with Gasteiger partial charge in [0.1, 0.15) is 0 Å². The zero-order chi connectivity index (χ0) is 11.8. The lowest BCUT2D eigenvalue weighted by molar-refractivity contribution is 0.588. The van der Waals surface area contributed by atoms with Crippen molar-refractivity contribution in [1.29, 1.82) is 0 Å². The molecule has 0 radical (unpaired) electrons. The molecule has 0 saturated heterocycles. The van der Waals surface area contributed by atoms with Crippen molar-refractivity contribution in [1.82, 2.24) is 10.2 Å². The van der Waals surface area contributed by atoms with Gasteiger partial charge in [0, 0.05) is 38.3 Å². The summed E-state index contributed by atoms with van der Waals surface area (Å²) in [6.07, 6.45) is 0. The second-order valence-corrected chi connectivity index (χ2v) is 4.70. The van der Waals surface area contributed by atoms with Gasteiger partial charge in [-0.15, -0.1) is 35.7 Å². The second-order valence-electron chi connectivity index (χ2n) is 3.53. The van der Waals surface area contributed by atoms with Gasteiger partial charge in [0.05, 0.1) is 0 Å². The molecule has 0 unspecified atom stereocenters. The minimum absolute atomic E-state index is 0. The Morgan fingerprint density at radius 2 is 1.94 bits per heavy atom. The maximum absolute atomic E-state index is 4.15. The van der Waals surface area contributed by atoms with Gasteiger partial charge >= 0.3 is 0 Å². The van der Waals surface area contributed by atoms with Crippen molar-refractivity contribution in [2.75, 3.05) is 33.4 Å². The summed E-state index contributed by atoms with van der Waals surface area (Å²) in [5.74, 6) is 1.96. The van der Waals surface area contributed by atoms with Crippen molar-refractivity contribution >= 4 is 41.7 Å². The lowest BCUT2D eigenvalue weighted by atomic mass is 10.4. The molecule has 0 spiro atoms. The number of nitrogens with zero attached hydrogens (tertiary/aromatic N) is 2. The quantitative estimate of drug-likeness (QED) is 0.292. The van der Waals surface area contributed by atoms with Crippen LogP contribution in [0.25, 0.3) is 0 Å². The fourth-order valence-electron chi connectivity index (χ4n) is 1.29. The first-order valence-electron chi connectivity index (χ1n) is 5.30. The summed E-state index contributed by atoms with van der Waals surface area (Å²) >= 11 is 1.85. The Bertz CT molecular complexity index is 328. The maximum Gasteiger partial charge on any atom is 0.193 e. The van der Waals surface area contributed by atoms with E-state index >= 15 is 0 Å². The van der Waals surface area contributed by atoms with Crippen LogP contribution in [0.3, 0.4) is 0 Å². The predicted octanol–water partition coefficient (Wildman–Crippen LogP) is 2.53. The van der Waals surface area contributed by atoms with Crippen LogP contribution < -0.4 is 5.32 Å². The monoisotopic (exact) mass is 365 g/mol. The highest BCUT2D eigenvalue weighted by Gasteiger charge is 1.98. The van der Waals surface area contributed by atoms with Gasteiger partial charge in [0.2, 0.25) is 0 Å². The minimum atomic E-state index is 0. The molecule has 0 saturated carbocycles. The molecule has 17 heavy (non-hydrogen) atoms. The molecule has 1 aromatic rings. The van der Waals surface area contributed by atoms with Crippen molar-refractivity contribution in [2.24, 2.45) is 4.99 Å². The number of hydrogen-bond donors (Lipinski definition) is 1. The number of guanidine groups is 1. The van der Waals surface area contributed by atoms with E-state index in [0.29, 0.717) is 0 Å². The largest absolute Gasteiger partial charge is 0.355 e. The summed E-state index contributed by atoms with van der Waals surface area (Å²) in [6.45, 7) is 0.921. The predicted molar refractivity (Wildman–Crippen MR) is 87.6 cm³/mol. The topological polar surface area (TPSA) is 27.6 Å². The number of nitrogens with one attached hydrogen (secondary N) is 1. The Morgan fingerprint density at radius 1 is 1.29 bits per heavy atom. The summed E-state index contributed by atoms with van der Waals surface area (Å²) in [4.78, 5) is 7.44. The second kappa shape index (κ2) is 9.58.